The molecule has 146 valence electrons. The van der Waals surface area contributed by atoms with Crippen molar-refractivity contribution in [3.63, 3.8) is 0 Å². The van der Waals surface area contributed by atoms with Crippen molar-refractivity contribution < 1.29 is 16.8 Å². The molecule has 3 aromatic rings. The summed E-state index contributed by atoms with van der Waals surface area (Å²) in [6.45, 7) is 4.10. The van der Waals surface area contributed by atoms with Crippen LogP contribution in [0, 0.1) is 13.8 Å². The van der Waals surface area contributed by atoms with Gasteiger partial charge in [0.2, 0.25) is 10.0 Å². The van der Waals surface area contributed by atoms with Crippen molar-refractivity contribution >= 4 is 20.0 Å². The van der Waals surface area contributed by atoms with Gasteiger partial charge in [-0.25, -0.2) is 20.8 Å². The van der Waals surface area contributed by atoms with Gasteiger partial charge in [-0.1, -0.05) is 35.4 Å². The van der Waals surface area contributed by atoms with Crippen LogP contribution in [0.5, 0.6) is 0 Å². The number of aromatic nitrogens is 1. The molecule has 1 aliphatic heterocycles. The monoisotopic (exact) mass is 416 g/mol. The Morgan fingerprint density at radius 3 is 1.46 bits per heavy atom. The maximum Gasteiger partial charge on any atom is 0.267 e. The zero-order chi connectivity index (χ0) is 20.1. The van der Waals surface area contributed by atoms with Crippen LogP contribution in [-0.4, -0.2) is 25.1 Å². The lowest BCUT2D eigenvalue weighted by Gasteiger charge is -2.16. The third kappa shape index (κ3) is 3.17. The van der Waals surface area contributed by atoms with E-state index in [4.69, 9.17) is 0 Å². The van der Waals surface area contributed by atoms with Gasteiger partial charge in [-0.05, 0) is 49.2 Å². The van der Waals surface area contributed by atoms with Crippen LogP contribution < -0.4 is 0 Å². The van der Waals surface area contributed by atoms with Gasteiger partial charge >= 0.3 is 0 Å². The van der Waals surface area contributed by atoms with Gasteiger partial charge in [0, 0.05) is 25.5 Å². The Bertz CT molecular complexity index is 1220. The summed E-state index contributed by atoms with van der Waals surface area (Å²) in [6.07, 6.45) is 3.02. The summed E-state index contributed by atoms with van der Waals surface area (Å²) in [5.74, 6) is 0. The van der Waals surface area contributed by atoms with E-state index in [-0.39, 0.29) is 22.9 Å². The Morgan fingerprint density at radius 2 is 1.04 bits per heavy atom. The van der Waals surface area contributed by atoms with Gasteiger partial charge in [-0.3, -0.25) is 0 Å². The van der Waals surface area contributed by atoms with Crippen molar-refractivity contribution in [1.29, 1.82) is 0 Å². The average molecular weight is 417 g/mol. The largest absolute Gasteiger partial charge is 0.267 e. The molecule has 1 aromatic heterocycles. The zero-order valence-electron chi connectivity index (χ0n) is 15.5. The molecule has 2 heterocycles. The summed E-state index contributed by atoms with van der Waals surface area (Å²) in [7, 11) is -7.32. The van der Waals surface area contributed by atoms with Crippen LogP contribution >= 0.6 is 0 Å². The van der Waals surface area contributed by atoms with E-state index in [2.05, 4.69) is 0 Å². The van der Waals surface area contributed by atoms with Gasteiger partial charge in [0.1, 0.15) is 0 Å². The SMILES string of the molecule is Cc1ccc(S(=O)(=O)N2Cc3cn(S(=O)(=O)c4ccc(C)cc4)cc3C2)cc1. The molecule has 8 heteroatoms. The van der Waals surface area contributed by atoms with Crippen molar-refractivity contribution in [2.45, 2.75) is 36.7 Å². The molecule has 0 amide bonds. The summed E-state index contributed by atoms with van der Waals surface area (Å²) in [5, 5.41) is 0. The highest BCUT2D eigenvalue weighted by Gasteiger charge is 2.33. The molecule has 0 aliphatic carbocycles. The second-order valence-corrected chi connectivity index (χ2v) is 10.8. The fourth-order valence-corrected chi connectivity index (χ4v) is 5.88. The van der Waals surface area contributed by atoms with E-state index in [0.717, 1.165) is 11.1 Å². The third-order valence-electron chi connectivity index (χ3n) is 4.93. The second-order valence-electron chi connectivity index (χ2n) is 7.04. The van der Waals surface area contributed by atoms with Gasteiger partial charge in [0.25, 0.3) is 10.0 Å². The van der Waals surface area contributed by atoms with Crippen molar-refractivity contribution in [1.82, 2.24) is 8.28 Å². The van der Waals surface area contributed by atoms with Crippen LogP contribution in [-0.2, 0) is 33.1 Å². The molecule has 0 radical (unpaired) electrons. The molecule has 0 N–H and O–H groups in total. The minimum absolute atomic E-state index is 0.155. The first-order chi connectivity index (χ1) is 13.2. The lowest BCUT2D eigenvalue weighted by atomic mass is 10.2. The van der Waals surface area contributed by atoms with Crippen LogP contribution in [0.15, 0.2) is 70.7 Å². The number of rotatable bonds is 4. The molecule has 0 spiro atoms. The number of benzene rings is 2. The zero-order valence-corrected chi connectivity index (χ0v) is 17.2. The first-order valence-corrected chi connectivity index (χ1v) is 11.6. The molecule has 1 aliphatic rings. The Labute approximate surface area is 165 Å². The van der Waals surface area contributed by atoms with Crippen molar-refractivity contribution in [3.05, 3.63) is 83.2 Å². The van der Waals surface area contributed by atoms with Crippen LogP contribution in [0.25, 0.3) is 0 Å². The molecular weight excluding hydrogens is 396 g/mol. The van der Waals surface area contributed by atoms with Gasteiger partial charge in [-0.2, -0.15) is 4.31 Å². The molecule has 0 fully saturated rings. The lowest BCUT2D eigenvalue weighted by molar-refractivity contribution is 0.430. The third-order valence-corrected chi connectivity index (χ3v) is 8.37. The Balaban J connectivity index is 1.61. The van der Waals surface area contributed by atoms with E-state index < -0.39 is 20.0 Å². The van der Waals surface area contributed by atoms with Crippen LogP contribution in [0.3, 0.4) is 0 Å². The summed E-state index contributed by atoms with van der Waals surface area (Å²) >= 11 is 0. The predicted octanol–water partition coefficient (Wildman–Crippen LogP) is 3.05. The highest BCUT2D eigenvalue weighted by Crippen LogP contribution is 2.30. The summed E-state index contributed by atoms with van der Waals surface area (Å²) in [6, 6.07) is 13.4. The Morgan fingerprint density at radius 1 is 0.643 bits per heavy atom. The first kappa shape index (κ1) is 18.9. The molecule has 0 atom stereocenters. The molecule has 6 nitrogen and oxygen atoms in total. The smallest absolute Gasteiger partial charge is 0.248 e. The standard InChI is InChI=1S/C20H20N2O4S2/c1-15-3-7-19(8-4-15)27(23,24)21-11-17-13-22(14-18(17)12-21)28(25,26)20-9-5-16(2)6-10-20/h3-12H,13-14H2,1-2H3. The molecule has 4 rings (SSSR count). The maximum absolute atomic E-state index is 12.8. The topological polar surface area (TPSA) is 76.5 Å². The summed E-state index contributed by atoms with van der Waals surface area (Å²) in [5.41, 5.74) is 3.36. The molecule has 28 heavy (non-hydrogen) atoms. The highest BCUT2D eigenvalue weighted by atomic mass is 32.2. The molecule has 0 bridgehead atoms. The number of hydrogen-bond donors (Lipinski definition) is 0. The molecule has 2 aromatic carbocycles. The normalized spacial score (nSPS) is 14.9. The van der Waals surface area contributed by atoms with E-state index in [1.165, 1.54) is 20.7 Å². The molecule has 0 saturated heterocycles. The number of nitrogens with zero attached hydrogens (tertiary/aromatic N) is 2. The fourth-order valence-electron chi connectivity index (χ4n) is 3.23. The van der Waals surface area contributed by atoms with Gasteiger partial charge in [-0.15, -0.1) is 0 Å². The van der Waals surface area contributed by atoms with Crippen molar-refractivity contribution in [2.24, 2.45) is 0 Å². The van der Waals surface area contributed by atoms with E-state index >= 15 is 0 Å². The Kier molecular flexibility index (Phi) is 4.45. The predicted molar refractivity (Wildman–Crippen MR) is 106 cm³/mol. The van der Waals surface area contributed by atoms with Crippen LogP contribution in [0.1, 0.15) is 22.3 Å². The van der Waals surface area contributed by atoms with Crippen molar-refractivity contribution in [3.8, 4) is 0 Å². The van der Waals surface area contributed by atoms with Crippen LogP contribution in [0.4, 0.5) is 0 Å². The quantitative estimate of drug-likeness (QED) is 0.655. The van der Waals surface area contributed by atoms with Gasteiger partial charge in [0.05, 0.1) is 9.79 Å². The molecule has 0 saturated carbocycles. The number of fused-ring (bicyclic) bond motifs is 1. The highest BCUT2D eigenvalue weighted by molar-refractivity contribution is 7.90. The first-order valence-electron chi connectivity index (χ1n) is 8.77. The minimum Gasteiger partial charge on any atom is -0.248 e. The van der Waals surface area contributed by atoms with E-state index in [0.29, 0.717) is 11.1 Å². The molecule has 0 unspecified atom stereocenters. The summed E-state index contributed by atoms with van der Waals surface area (Å²) < 4.78 is 53.9. The second kappa shape index (κ2) is 6.58. The summed E-state index contributed by atoms with van der Waals surface area (Å²) in [4.78, 5) is 0.444. The number of hydrogen-bond acceptors (Lipinski definition) is 4. The lowest BCUT2D eigenvalue weighted by Crippen LogP contribution is -2.26. The Hall–Kier alpha value is -2.42. The number of aryl methyl sites for hydroxylation is 2. The van der Waals surface area contributed by atoms with Crippen molar-refractivity contribution in [2.75, 3.05) is 0 Å². The van der Waals surface area contributed by atoms with Gasteiger partial charge < -0.3 is 0 Å². The van der Waals surface area contributed by atoms with Crippen LogP contribution in [0.2, 0.25) is 0 Å². The van der Waals surface area contributed by atoms with E-state index in [1.54, 1.807) is 48.5 Å². The van der Waals surface area contributed by atoms with E-state index in [1.807, 2.05) is 13.8 Å². The fraction of sp³-hybridized carbons (Fsp3) is 0.200. The van der Waals surface area contributed by atoms with Gasteiger partial charge in [0.15, 0.2) is 0 Å². The molecular formula is C20H20N2O4S2. The number of sulfonamides is 1. The maximum atomic E-state index is 12.8. The van der Waals surface area contributed by atoms with E-state index in [9.17, 15) is 16.8 Å². The minimum atomic E-state index is -3.69. The average Bonchev–Trinajstić information content (AvgIpc) is 3.22.